The van der Waals surface area contributed by atoms with Gasteiger partial charge in [-0.2, -0.15) is 0 Å². The number of hydrogen-bond acceptors (Lipinski definition) is 4. The summed E-state index contributed by atoms with van der Waals surface area (Å²) in [4.78, 5) is 20.8. The summed E-state index contributed by atoms with van der Waals surface area (Å²) >= 11 is 0. The second-order valence-electron chi connectivity index (χ2n) is 6.26. The van der Waals surface area contributed by atoms with Crippen molar-refractivity contribution in [3.63, 3.8) is 0 Å². The van der Waals surface area contributed by atoms with E-state index < -0.39 is 0 Å². The molecule has 0 aliphatic carbocycles. The van der Waals surface area contributed by atoms with Crippen molar-refractivity contribution in [2.45, 2.75) is 33.6 Å². The minimum Gasteiger partial charge on any atom is -0.369 e. The summed E-state index contributed by atoms with van der Waals surface area (Å²) in [6.45, 7) is 9.25. The summed E-state index contributed by atoms with van der Waals surface area (Å²) < 4.78 is 0. The van der Waals surface area contributed by atoms with Crippen molar-refractivity contribution in [2.75, 3.05) is 17.2 Å². The number of carbonyl (C=O) groups excluding carboxylic acids is 1. The minimum absolute atomic E-state index is 0.249. The summed E-state index contributed by atoms with van der Waals surface area (Å²) in [5, 5.41) is 6.09. The van der Waals surface area contributed by atoms with Crippen LogP contribution in [0.4, 0.5) is 11.5 Å². The highest BCUT2D eigenvalue weighted by Crippen LogP contribution is 2.24. The van der Waals surface area contributed by atoms with E-state index in [1.165, 1.54) is 6.20 Å². The van der Waals surface area contributed by atoms with Crippen molar-refractivity contribution in [2.24, 2.45) is 5.92 Å². The molecule has 0 radical (unpaired) electrons. The molecule has 23 heavy (non-hydrogen) atoms. The molecule has 0 aliphatic heterocycles. The van der Waals surface area contributed by atoms with Crippen LogP contribution < -0.4 is 10.6 Å². The van der Waals surface area contributed by atoms with Gasteiger partial charge in [0.05, 0.1) is 12.4 Å². The highest BCUT2D eigenvalue weighted by atomic mass is 16.1. The Morgan fingerprint density at radius 3 is 2.43 bits per heavy atom. The van der Waals surface area contributed by atoms with Crippen molar-refractivity contribution >= 4 is 17.4 Å². The quantitative estimate of drug-likeness (QED) is 0.848. The maximum absolute atomic E-state index is 12.3. The van der Waals surface area contributed by atoms with Gasteiger partial charge in [-0.15, -0.1) is 0 Å². The Kier molecular flexibility index (Phi) is 5.68. The lowest BCUT2D eigenvalue weighted by Gasteiger charge is -2.13. The second-order valence-corrected chi connectivity index (χ2v) is 6.26. The van der Waals surface area contributed by atoms with Gasteiger partial charge in [-0.05, 0) is 23.5 Å². The third-order valence-electron chi connectivity index (χ3n) is 3.41. The number of aromatic nitrogens is 2. The van der Waals surface area contributed by atoms with Crippen LogP contribution in [-0.2, 0) is 0 Å². The molecule has 0 saturated carbocycles. The first-order valence-corrected chi connectivity index (χ1v) is 7.93. The fourth-order valence-corrected chi connectivity index (χ4v) is 2.15. The van der Waals surface area contributed by atoms with Gasteiger partial charge in [0.1, 0.15) is 11.5 Å². The second kappa shape index (κ2) is 7.72. The zero-order valence-electron chi connectivity index (χ0n) is 14.1. The van der Waals surface area contributed by atoms with Crippen LogP contribution in [0.3, 0.4) is 0 Å². The maximum atomic E-state index is 12.3. The van der Waals surface area contributed by atoms with E-state index in [1.807, 2.05) is 24.3 Å². The Hall–Kier alpha value is -2.43. The fourth-order valence-electron chi connectivity index (χ4n) is 2.15. The van der Waals surface area contributed by atoms with Gasteiger partial charge in [0.15, 0.2) is 0 Å². The van der Waals surface area contributed by atoms with Gasteiger partial charge in [0.2, 0.25) is 0 Å². The van der Waals surface area contributed by atoms with Crippen LogP contribution >= 0.6 is 0 Å². The zero-order chi connectivity index (χ0) is 16.8. The van der Waals surface area contributed by atoms with Gasteiger partial charge in [-0.25, -0.2) is 9.97 Å². The third kappa shape index (κ3) is 4.77. The maximum Gasteiger partial charge on any atom is 0.275 e. The molecule has 5 heteroatoms. The van der Waals surface area contributed by atoms with Crippen molar-refractivity contribution in [3.8, 4) is 0 Å². The first-order valence-electron chi connectivity index (χ1n) is 7.93. The van der Waals surface area contributed by atoms with Crippen LogP contribution in [0.25, 0.3) is 0 Å². The van der Waals surface area contributed by atoms with E-state index in [0.29, 0.717) is 23.3 Å². The molecule has 0 spiro atoms. The van der Waals surface area contributed by atoms with Gasteiger partial charge in [0.25, 0.3) is 5.91 Å². The molecule has 0 fully saturated rings. The number of nitrogens with one attached hydrogen (secondary N) is 2. The number of benzene rings is 1. The molecule has 1 heterocycles. The summed E-state index contributed by atoms with van der Waals surface area (Å²) in [5.74, 6) is 1.28. The lowest BCUT2D eigenvalue weighted by Crippen LogP contribution is -2.16. The molecule has 0 aliphatic rings. The predicted octanol–water partition coefficient (Wildman–Crippen LogP) is 3.92. The molecule has 5 nitrogen and oxygen atoms in total. The summed E-state index contributed by atoms with van der Waals surface area (Å²) in [7, 11) is 0. The number of anilines is 2. The Balaban J connectivity index is 2.06. The van der Waals surface area contributed by atoms with Gasteiger partial charge >= 0.3 is 0 Å². The van der Waals surface area contributed by atoms with E-state index in [2.05, 4.69) is 48.3 Å². The van der Waals surface area contributed by atoms with E-state index in [-0.39, 0.29) is 5.91 Å². The summed E-state index contributed by atoms with van der Waals surface area (Å²) in [5.41, 5.74) is 2.22. The Bertz CT molecular complexity index is 650. The first-order chi connectivity index (χ1) is 11.0. The number of rotatable bonds is 6. The van der Waals surface area contributed by atoms with Gasteiger partial charge in [-0.3, -0.25) is 4.79 Å². The number of carbonyl (C=O) groups is 1. The number of para-hydroxylation sites is 1. The molecule has 122 valence electrons. The molecule has 0 atom stereocenters. The van der Waals surface area contributed by atoms with E-state index in [4.69, 9.17) is 0 Å². The highest BCUT2D eigenvalue weighted by molar-refractivity contribution is 6.03. The first kappa shape index (κ1) is 16.9. The Morgan fingerprint density at radius 1 is 1.09 bits per heavy atom. The topological polar surface area (TPSA) is 66.9 Å². The number of hydrogen-bond donors (Lipinski definition) is 2. The molecule has 2 aromatic rings. The van der Waals surface area contributed by atoms with Crippen LogP contribution in [0, 0.1) is 5.92 Å². The predicted molar refractivity (Wildman–Crippen MR) is 93.8 cm³/mol. The van der Waals surface area contributed by atoms with Crippen molar-refractivity contribution in [1.29, 1.82) is 0 Å². The SMILES string of the molecule is CC(C)CNc1cnc(C(=O)Nc2ccccc2C(C)C)cn1. The van der Waals surface area contributed by atoms with E-state index in [1.54, 1.807) is 6.20 Å². The van der Waals surface area contributed by atoms with Crippen molar-refractivity contribution in [1.82, 2.24) is 9.97 Å². The smallest absolute Gasteiger partial charge is 0.275 e. The minimum atomic E-state index is -0.249. The van der Waals surface area contributed by atoms with Gasteiger partial charge in [-0.1, -0.05) is 45.9 Å². The monoisotopic (exact) mass is 312 g/mol. The van der Waals surface area contributed by atoms with Crippen LogP contribution in [0.2, 0.25) is 0 Å². The summed E-state index contributed by atoms with van der Waals surface area (Å²) in [6, 6.07) is 7.80. The normalized spacial score (nSPS) is 10.9. The average Bonchev–Trinajstić information content (AvgIpc) is 2.53. The molecule has 2 rings (SSSR count). The standard InChI is InChI=1S/C18H24N4O/c1-12(2)9-20-17-11-19-16(10-21-17)18(23)22-15-8-6-5-7-14(15)13(3)4/h5-8,10-13H,9H2,1-4H3,(H,20,21)(H,22,23). The summed E-state index contributed by atoms with van der Waals surface area (Å²) in [6.07, 6.45) is 3.08. The van der Waals surface area contributed by atoms with Crippen LogP contribution in [0.1, 0.15) is 49.7 Å². The number of amides is 1. The lowest BCUT2D eigenvalue weighted by molar-refractivity contribution is 0.102. The molecule has 1 aromatic carbocycles. The van der Waals surface area contributed by atoms with Crippen molar-refractivity contribution < 1.29 is 4.79 Å². The van der Waals surface area contributed by atoms with E-state index >= 15 is 0 Å². The number of nitrogens with zero attached hydrogens (tertiary/aromatic N) is 2. The van der Waals surface area contributed by atoms with Gasteiger partial charge < -0.3 is 10.6 Å². The van der Waals surface area contributed by atoms with Crippen molar-refractivity contribution in [3.05, 3.63) is 47.9 Å². The largest absolute Gasteiger partial charge is 0.369 e. The third-order valence-corrected chi connectivity index (χ3v) is 3.41. The molecular weight excluding hydrogens is 288 g/mol. The zero-order valence-corrected chi connectivity index (χ0v) is 14.1. The lowest BCUT2D eigenvalue weighted by atomic mass is 10.0. The van der Waals surface area contributed by atoms with E-state index in [9.17, 15) is 4.79 Å². The molecule has 1 aromatic heterocycles. The van der Waals surface area contributed by atoms with Crippen LogP contribution in [-0.4, -0.2) is 22.4 Å². The molecule has 2 N–H and O–H groups in total. The van der Waals surface area contributed by atoms with Gasteiger partial charge in [0, 0.05) is 12.2 Å². The van der Waals surface area contributed by atoms with Crippen LogP contribution in [0.5, 0.6) is 0 Å². The van der Waals surface area contributed by atoms with Crippen LogP contribution in [0.15, 0.2) is 36.7 Å². The average molecular weight is 312 g/mol. The molecule has 0 bridgehead atoms. The molecular formula is C18H24N4O. The molecule has 1 amide bonds. The Labute approximate surface area is 137 Å². The Morgan fingerprint density at radius 2 is 1.83 bits per heavy atom. The van der Waals surface area contributed by atoms with E-state index in [0.717, 1.165) is 17.8 Å². The molecule has 0 unspecified atom stereocenters. The molecule has 0 saturated heterocycles. The fraction of sp³-hybridized carbons (Fsp3) is 0.389. The highest BCUT2D eigenvalue weighted by Gasteiger charge is 2.12.